The molecule has 0 aromatic heterocycles. The molecule has 4 aromatic rings. The standard InChI is InChI=1S/C31H30BrP/c1-23(24-19-20-30-25-17-18-26(21-25)31(30)22-24)33(32,27-11-5-2-6-12-27,28-13-7-3-8-14-28)29-15-9-4-10-16-29/h2-16,19-20,22-23,25-26H,17-18,21H2,1H3. The summed E-state index contributed by atoms with van der Waals surface area (Å²) in [7, 11) is 0. The molecule has 6 rings (SSSR count). The number of hydrogen-bond donors (Lipinski definition) is 0. The Hall–Kier alpha value is -2.21. The summed E-state index contributed by atoms with van der Waals surface area (Å²) in [6, 6.07) is 41.0. The Morgan fingerprint density at radius 1 is 0.636 bits per heavy atom. The van der Waals surface area contributed by atoms with Crippen molar-refractivity contribution >= 4 is 36.7 Å². The van der Waals surface area contributed by atoms with Crippen LogP contribution in [0.5, 0.6) is 0 Å². The molecule has 4 aromatic carbocycles. The van der Waals surface area contributed by atoms with Crippen LogP contribution in [0.1, 0.15) is 60.4 Å². The van der Waals surface area contributed by atoms with Crippen molar-refractivity contribution in [1.82, 2.24) is 0 Å². The van der Waals surface area contributed by atoms with Gasteiger partial charge in [0.2, 0.25) is 0 Å². The zero-order valence-electron chi connectivity index (χ0n) is 19.1. The molecule has 3 unspecified atom stereocenters. The number of fused-ring (bicyclic) bond motifs is 5. The number of rotatable bonds is 5. The van der Waals surface area contributed by atoms with Gasteiger partial charge in [-0.2, -0.15) is 0 Å². The van der Waals surface area contributed by atoms with Gasteiger partial charge in [0.05, 0.1) is 0 Å². The summed E-state index contributed by atoms with van der Waals surface area (Å²) in [5.74, 6) is 1.56. The molecule has 0 saturated heterocycles. The molecule has 2 heteroatoms. The molecule has 33 heavy (non-hydrogen) atoms. The van der Waals surface area contributed by atoms with Crippen molar-refractivity contribution < 1.29 is 0 Å². The van der Waals surface area contributed by atoms with Gasteiger partial charge in [-0.25, -0.2) is 0 Å². The first kappa shape index (κ1) is 21.3. The van der Waals surface area contributed by atoms with Crippen LogP contribution in [0.15, 0.2) is 109 Å². The van der Waals surface area contributed by atoms with Crippen molar-refractivity contribution in [3.63, 3.8) is 0 Å². The fraction of sp³-hybridized carbons (Fsp3) is 0.226. The van der Waals surface area contributed by atoms with Crippen molar-refractivity contribution in [2.24, 2.45) is 0 Å². The van der Waals surface area contributed by atoms with E-state index in [-0.39, 0.29) is 5.66 Å². The minimum atomic E-state index is -3.03. The summed E-state index contributed by atoms with van der Waals surface area (Å²) in [4.78, 5) is 0. The van der Waals surface area contributed by atoms with Crippen molar-refractivity contribution in [3.8, 4) is 0 Å². The molecule has 0 N–H and O–H groups in total. The molecule has 1 fully saturated rings. The number of hydrogen-bond acceptors (Lipinski definition) is 0. The first-order valence-corrected chi connectivity index (χ1v) is 16.5. The van der Waals surface area contributed by atoms with Crippen molar-refractivity contribution in [3.05, 3.63) is 126 Å². The molecule has 2 bridgehead atoms. The molecule has 0 aliphatic heterocycles. The average Bonchev–Trinajstić information content (AvgIpc) is 3.52. The Labute approximate surface area is 205 Å². The van der Waals surface area contributed by atoms with Gasteiger partial charge in [-0.1, -0.05) is 0 Å². The van der Waals surface area contributed by atoms with Crippen LogP contribution in [-0.2, 0) is 0 Å². The third-order valence-corrected chi connectivity index (χ3v) is 19.6. The summed E-state index contributed by atoms with van der Waals surface area (Å²) in [6.07, 6.45) is 4.10. The van der Waals surface area contributed by atoms with Gasteiger partial charge in [-0.05, 0) is 0 Å². The second kappa shape index (κ2) is 7.93. The Morgan fingerprint density at radius 2 is 1.09 bits per heavy atom. The summed E-state index contributed by atoms with van der Waals surface area (Å²) < 4.78 is 0. The van der Waals surface area contributed by atoms with E-state index < -0.39 is 5.31 Å². The maximum atomic E-state index is 4.67. The zero-order valence-corrected chi connectivity index (χ0v) is 21.6. The zero-order chi connectivity index (χ0) is 22.5. The summed E-state index contributed by atoms with van der Waals surface area (Å²) in [5, 5.41) is 1.12. The number of benzene rings is 4. The Bertz CT molecular complexity index is 1180. The molecule has 2 aliphatic rings. The monoisotopic (exact) mass is 512 g/mol. The van der Waals surface area contributed by atoms with Gasteiger partial charge in [-0.3, -0.25) is 0 Å². The molecule has 0 radical (unpaired) electrons. The molecule has 0 nitrogen and oxygen atoms in total. The molecule has 0 heterocycles. The van der Waals surface area contributed by atoms with Crippen molar-refractivity contribution in [1.29, 1.82) is 0 Å². The van der Waals surface area contributed by atoms with E-state index in [0.717, 1.165) is 11.8 Å². The van der Waals surface area contributed by atoms with Gasteiger partial charge >= 0.3 is 206 Å². The van der Waals surface area contributed by atoms with Crippen LogP contribution >= 0.6 is 20.8 Å². The maximum absolute atomic E-state index is 4.67. The van der Waals surface area contributed by atoms with E-state index in [1.807, 2.05) is 0 Å². The van der Waals surface area contributed by atoms with E-state index in [1.165, 1.54) is 40.7 Å². The fourth-order valence-electron chi connectivity index (χ4n) is 6.68. The van der Waals surface area contributed by atoms with Crippen LogP contribution in [-0.4, -0.2) is 0 Å². The predicted octanol–water partition coefficient (Wildman–Crippen LogP) is 7.95. The summed E-state index contributed by atoms with van der Waals surface area (Å²) in [5.41, 5.74) is 4.98. The van der Waals surface area contributed by atoms with Crippen LogP contribution in [0.25, 0.3) is 0 Å². The Morgan fingerprint density at radius 3 is 1.58 bits per heavy atom. The van der Waals surface area contributed by atoms with Gasteiger partial charge in [0.25, 0.3) is 0 Å². The van der Waals surface area contributed by atoms with Crippen molar-refractivity contribution in [2.75, 3.05) is 0 Å². The molecule has 0 spiro atoms. The first-order chi connectivity index (χ1) is 16.1. The topological polar surface area (TPSA) is 0 Å². The van der Waals surface area contributed by atoms with E-state index in [2.05, 4.69) is 132 Å². The number of halogens is 1. The molecular weight excluding hydrogens is 483 g/mol. The first-order valence-electron chi connectivity index (χ1n) is 12.1. The average molecular weight is 513 g/mol. The van der Waals surface area contributed by atoms with Gasteiger partial charge in [0.15, 0.2) is 0 Å². The third-order valence-electron chi connectivity index (χ3n) is 8.42. The minimum absolute atomic E-state index is 0.285. The normalized spacial score (nSPS) is 21.2. The molecule has 0 amide bonds. The Kier molecular flexibility index (Phi) is 5.13. The van der Waals surface area contributed by atoms with Gasteiger partial charge in [0, 0.05) is 0 Å². The second-order valence-electron chi connectivity index (χ2n) is 9.85. The van der Waals surface area contributed by atoms with E-state index in [0.29, 0.717) is 0 Å². The molecule has 3 atom stereocenters. The third kappa shape index (κ3) is 2.99. The summed E-state index contributed by atoms with van der Waals surface area (Å²) >= 11 is 4.67. The summed E-state index contributed by atoms with van der Waals surface area (Å²) in [6.45, 7) is 2.45. The SMILES string of the molecule is CC(c1ccc2c(c1)C1CCC2C1)P(Br)(c1ccccc1)(c1ccccc1)c1ccccc1. The van der Waals surface area contributed by atoms with Crippen LogP contribution in [0.3, 0.4) is 0 Å². The molecular formula is C31H30BrP. The predicted molar refractivity (Wildman–Crippen MR) is 148 cm³/mol. The van der Waals surface area contributed by atoms with E-state index in [1.54, 1.807) is 11.1 Å². The quantitative estimate of drug-likeness (QED) is 0.238. The fourth-order valence-corrected chi connectivity index (χ4v) is 14.7. The van der Waals surface area contributed by atoms with E-state index in [4.69, 9.17) is 0 Å². The molecule has 2 aliphatic carbocycles. The van der Waals surface area contributed by atoms with Crippen LogP contribution in [0.4, 0.5) is 0 Å². The van der Waals surface area contributed by atoms with Gasteiger partial charge < -0.3 is 0 Å². The van der Waals surface area contributed by atoms with Gasteiger partial charge in [-0.15, -0.1) is 0 Å². The van der Waals surface area contributed by atoms with Crippen LogP contribution in [0, 0.1) is 0 Å². The molecule has 1 saturated carbocycles. The van der Waals surface area contributed by atoms with Crippen LogP contribution in [0.2, 0.25) is 0 Å². The van der Waals surface area contributed by atoms with E-state index in [9.17, 15) is 0 Å². The van der Waals surface area contributed by atoms with E-state index >= 15 is 0 Å². The van der Waals surface area contributed by atoms with Crippen molar-refractivity contribution in [2.45, 2.75) is 43.7 Å². The molecule has 166 valence electrons. The second-order valence-corrected chi connectivity index (χ2v) is 18.7. The van der Waals surface area contributed by atoms with Crippen LogP contribution < -0.4 is 15.9 Å². The van der Waals surface area contributed by atoms with Gasteiger partial charge in [0.1, 0.15) is 0 Å². The Balaban J connectivity index is 1.66.